The molecule has 0 aromatic rings. The lowest BCUT2D eigenvalue weighted by Crippen LogP contribution is -2.33. The van der Waals surface area contributed by atoms with E-state index in [0.717, 1.165) is 25.8 Å². The van der Waals surface area contributed by atoms with Crippen molar-refractivity contribution in [1.29, 1.82) is 0 Å². The van der Waals surface area contributed by atoms with Crippen LogP contribution in [0.4, 0.5) is 0 Å². The summed E-state index contributed by atoms with van der Waals surface area (Å²) in [5.74, 6) is 0.0251. The molecule has 3 heteroatoms. The van der Waals surface area contributed by atoms with E-state index >= 15 is 0 Å². The first-order valence-electron chi connectivity index (χ1n) is 5.71. The van der Waals surface area contributed by atoms with Gasteiger partial charge in [-0.2, -0.15) is 0 Å². The molecule has 1 amide bonds. The lowest BCUT2D eigenvalue weighted by atomic mass is 10.1. The predicted octanol–water partition coefficient (Wildman–Crippen LogP) is 1.80. The van der Waals surface area contributed by atoms with Crippen LogP contribution in [-0.4, -0.2) is 37.5 Å². The van der Waals surface area contributed by atoms with Crippen molar-refractivity contribution in [2.24, 2.45) is 0 Å². The quantitative estimate of drug-likeness (QED) is 0.653. The average Bonchev–Trinajstić information content (AvgIpc) is 2.16. The standard InChI is InChI=1S/C12H24N2O/c1-5-8-11(6-2)13-12(15)9-7-10-14(3)4/h7,9,11H,5-6,8,10H2,1-4H3,(H,13,15)/b9-7+/t11-/m0/s1. The molecule has 3 nitrogen and oxygen atoms in total. The minimum atomic E-state index is 0.0251. The van der Waals surface area contributed by atoms with Crippen LogP contribution in [0.15, 0.2) is 12.2 Å². The van der Waals surface area contributed by atoms with Gasteiger partial charge in [-0.3, -0.25) is 4.79 Å². The third-order valence-electron chi connectivity index (χ3n) is 2.22. The SMILES string of the molecule is CCC[C@H](CC)NC(=O)/C=C/CN(C)C. The summed E-state index contributed by atoms with van der Waals surface area (Å²) in [5.41, 5.74) is 0. The molecule has 0 aromatic carbocycles. The number of amides is 1. The maximum absolute atomic E-state index is 11.5. The molecule has 15 heavy (non-hydrogen) atoms. The maximum Gasteiger partial charge on any atom is 0.243 e. The molecular weight excluding hydrogens is 188 g/mol. The topological polar surface area (TPSA) is 32.3 Å². The molecule has 0 aliphatic carbocycles. The van der Waals surface area contributed by atoms with Gasteiger partial charge in [-0.25, -0.2) is 0 Å². The zero-order valence-electron chi connectivity index (χ0n) is 10.4. The Balaban J connectivity index is 3.84. The van der Waals surface area contributed by atoms with Crippen LogP contribution in [0.1, 0.15) is 33.1 Å². The molecule has 0 saturated carbocycles. The summed E-state index contributed by atoms with van der Waals surface area (Å²) in [7, 11) is 3.96. The summed E-state index contributed by atoms with van der Waals surface area (Å²) in [6.45, 7) is 5.04. The zero-order chi connectivity index (χ0) is 11.7. The molecule has 0 spiro atoms. The molecule has 0 bridgehead atoms. The van der Waals surface area contributed by atoms with Gasteiger partial charge in [0.2, 0.25) is 5.91 Å². The molecule has 0 aliphatic heterocycles. The maximum atomic E-state index is 11.5. The average molecular weight is 212 g/mol. The molecule has 0 saturated heterocycles. The van der Waals surface area contributed by atoms with E-state index in [1.807, 2.05) is 25.1 Å². The second-order valence-electron chi connectivity index (χ2n) is 4.07. The highest BCUT2D eigenvalue weighted by Gasteiger charge is 2.06. The molecule has 0 heterocycles. The van der Waals surface area contributed by atoms with Crippen LogP contribution >= 0.6 is 0 Å². The van der Waals surface area contributed by atoms with Crippen LogP contribution in [0.3, 0.4) is 0 Å². The lowest BCUT2D eigenvalue weighted by molar-refractivity contribution is -0.117. The Morgan fingerprint density at radius 1 is 1.40 bits per heavy atom. The summed E-state index contributed by atoms with van der Waals surface area (Å²) in [6, 6.07) is 0.325. The van der Waals surface area contributed by atoms with E-state index in [-0.39, 0.29) is 5.91 Å². The minimum Gasteiger partial charge on any atom is -0.350 e. The Kier molecular flexibility index (Phi) is 8.01. The first kappa shape index (κ1) is 14.2. The molecule has 0 radical (unpaired) electrons. The second-order valence-corrected chi connectivity index (χ2v) is 4.07. The number of carbonyl (C=O) groups excluding carboxylic acids is 1. The van der Waals surface area contributed by atoms with Crippen molar-refractivity contribution in [1.82, 2.24) is 10.2 Å². The van der Waals surface area contributed by atoms with Gasteiger partial charge in [0.1, 0.15) is 0 Å². The van der Waals surface area contributed by atoms with Gasteiger partial charge in [-0.05, 0) is 26.9 Å². The molecule has 0 rings (SSSR count). The van der Waals surface area contributed by atoms with Gasteiger partial charge < -0.3 is 10.2 Å². The molecule has 0 aromatic heterocycles. The van der Waals surface area contributed by atoms with Crippen molar-refractivity contribution < 1.29 is 4.79 Å². The Morgan fingerprint density at radius 2 is 2.07 bits per heavy atom. The van der Waals surface area contributed by atoms with Gasteiger partial charge in [0.25, 0.3) is 0 Å². The van der Waals surface area contributed by atoms with Gasteiger partial charge in [0, 0.05) is 18.7 Å². The van der Waals surface area contributed by atoms with Crippen molar-refractivity contribution in [2.45, 2.75) is 39.2 Å². The van der Waals surface area contributed by atoms with Gasteiger partial charge in [0.05, 0.1) is 0 Å². The van der Waals surface area contributed by atoms with E-state index < -0.39 is 0 Å². The smallest absolute Gasteiger partial charge is 0.243 e. The number of rotatable bonds is 7. The van der Waals surface area contributed by atoms with Crippen LogP contribution in [0.25, 0.3) is 0 Å². The third kappa shape index (κ3) is 8.18. The van der Waals surface area contributed by atoms with E-state index in [1.165, 1.54) is 0 Å². The van der Waals surface area contributed by atoms with E-state index in [9.17, 15) is 4.79 Å². The summed E-state index contributed by atoms with van der Waals surface area (Å²) >= 11 is 0. The molecule has 0 fully saturated rings. The minimum absolute atomic E-state index is 0.0251. The molecule has 0 aliphatic rings. The van der Waals surface area contributed by atoms with Crippen molar-refractivity contribution >= 4 is 5.91 Å². The highest BCUT2D eigenvalue weighted by Crippen LogP contribution is 2.00. The van der Waals surface area contributed by atoms with Crippen molar-refractivity contribution in [3.05, 3.63) is 12.2 Å². The summed E-state index contributed by atoms with van der Waals surface area (Å²) in [5, 5.41) is 3.00. The molecule has 1 atom stereocenters. The van der Waals surface area contributed by atoms with Crippen LogP contribution in [-0.2, 0) is 4.79 Å². The van der Waals surface area contributed by atoms with Gasteiger partial charge in [-0.1, -0.05) is 26.3 Å². The number of hydrogen-bond acceptors (Lipinski definition) is 2. The Bertz CT molecular complexity index is 200. The van der Waals surface area contributed by atoms with E-state index in [0.29, 0.717) is 6.04 Å². The number of carbonyl (C=O) groups is 1. The largest absolute Gasteiger partial charge is 0.350 e. The van der Waals surface area contributed by atoms with Gasteiger partial charge in [0.15, 0.2) is 0 Å². The summed E-state index contributed by atoms with van der Waals surface area (Å²) in [4.78, 5) is 13.5. The second kappa shape index (κ2) is 8.48. The van der Waals surface area contributed by atoms with Gasteiger partial charge in [-0.15, -0.1) is 0 Å². The molecular formula is C12H24N2O. The molecule has 1 N–H and O–H groups in total. The molecule has 0 unspecified atom stereocenters. The predicted molar refractivity (Wildman–Crippen MR) is 64.8 cm³/mol. The summed E-state index contributed by atoms with van der Waals surface area (Å²) in [6.07, 6.45) is 6.68. The van der Waals surface area contributed by atoms with Crippen molar-refractivity contribution in [3.63, 3.8) is 0 Å². The van der Waals surface area contributed by atoms with Crippen LogP contribution in [0.2, 0.25) is 0 Å². The van der Waals surface area contributed by atoms with Crippen molar-refractivity contribution in [3.8, 4) is 0 Å². The number of hydrogen-bond donors (Lipinski definition) is 1. The highest BCUT2D eigenvalue weighted by molar-refractivity contribution is 5.87. The normalized spacial score (nSPS) is 13.4. The number of nitrogens with one attached hydrogen (secondary N) is 1. The monoisotopic (exact) mass is 212 g/mol. The van der Waals surface area contributed by atoms with Crippen LogP contribution in [0, 0.1) is 0 Å². The fourth-order valence-corrected chi connectivity index (χ4v) is 1.35. The fourth-order valence-electron chi connectivity index (χ4n) is 1.35. The third-order valence-corrected chi connectivity index (χ3v) is 2.22. The lowest BCUT2D eigenvalue weighted by Gasteiger charge is -2.14. The van der Waals surface area contributed by atoms with E-state index in [2.05, 4.69) is 19.2 Å². The van der Waals surface area contributed by atoms with Crippen molar-refractivity contribution in [2.75, 3.05) is 20.6 Å². The highest BCUT2D eigenvalue weighted by atomic mass is 16.1. The first-order valence-corrected chi connectivity index (χ1v) is 5.71. The Morgan fingerprint density at radius 3 is 2.53 bits per heavy atom. The first-order chi connectivity index (χ1) is 7.10. The Hall–Kier alpha value is -0.830. The Labute approximate surface area is 93.5 Å². The molecule has 88 valence electrons. The number of likely N-dealkylation sites (N-methyl/N-ethyl adjacent to an activating group) is 1. The van der Waals surface area contributed by atoms with Gasteiger partial charge >= 0.3 is 0 Å². The fraction of sp³-hybridized carbons (Fsp3) is 0.750. The van der Waals surface area contributed by atoms with Crippen LogP contribution in [0.5, 0.6) is 0 Å². The van der Waals surface area contributed by atoms with E-state index in [4.69, 9.17) is 0 Å². The zero-order valence-corrected chi connectivity index (χ0v) is 10.4. The van der Waals surface area contributed by atoms with Crippen LogP contribution < -0.4 is 5.32 Å². The number of nitrogens with zero attached hydrogens (tertiary/aromatic N) is 1. The van der Waals surface area contributed by atoms with E-state index in [1.54, 1.807) is 6.08 Å². The summed E-state index contributed by atoms with van der Waals surface area (Å²) < 4.78 is 0.